The lowest BCUT2D eigenvalue weighted by Crippen LogP contribution is -2.28. The monoisotopic (exact) mass is 257 g/mol. The lowest BCUT2D eigenvalue weighted by molar-refractivity contribution is 0.413. The average molecular weight is 257 g/mol. The molecule has 17 heavy (non-hydrogen) atoms. The molecule has 0 radical (unpaired) electrons. The molecule has 0 aliphatic rings. The summed E-state index contributed by atoms with van der Waals surface area (Å²) in [7, 11) is -1.60. The van der Waals surface area contributed by atoms with Crippen LogP contribution in [0.2, 0.25) is 0 Å². The molecule has 0 amide bonds. The molecule has 96 valence electrons. The molecule has 1 aromatic rings. The molecule has 0 saturated carbocycles. The van der Waals surface area contributed by atoms with Crippen molar-refractivity contribution in [3.8, 4) is 5.75 Å². The maximum absolute atomic E-state index is 11.6. The highest BCUT2D eigenvalue weighted by Gasteiger charge is 2.14. The summed E-state index contributed by atoms with van der Waals surface area (Å²) in [6.45, 7) is 3.66. The molecule has 0 aliphatic carbocycles. The molecule has 1 rings (SSSR count). The van der Waals surface area contributed by atoms with Crippen LogP contribution in [-0.2, 0) is 10.0 Å². The number of sulfonamides is 1. The van der Waals surface area contributed by atoms with E-state index in [0.717, 1.165) is 11.3 Å². The maximum atomic E-state index is 11.6. The van der Waals surface area contributed by atoms with Crippen LogP contribution in [0.25, 0.3) is 0 Å². The molecule has 0 spiro atoms. The number of nitrogens with one attached hydrogen (secondary N) is 1. The molecule has 0 aliphatic heterocycles. The molecule has 0 heterocycles. The predicted molar refractivity (Wildman–Crippen MR) is 68.6 cm³/mol. The van der Waals surface area contributed by atoms with E-state index >= 15 is 0 Å². The van der Waals surface area contributed by atoms with Crippen LogP contribution < -0.4 is 9.46 Å². The van der Waals surface area contributed by atoms with E-state index in [-0.39, 0.29) is 11.8 Å². The molecular weight excluding hydrogens is 238 g/mol. The van der Waals surface area contributed by atoms with Crippen molar-refractivity contribution in [2.24, 2.45) is 0 Å². The Bertz CT molecular complexity index is 457. The standard InChI is InChI=1S/C12H19NO3S/c1-4-8-17(14,15)13-10(2)11-6-5-7-12(9-11)16-3/h5-7,9-10,13H,4,8H2,1-3H3/t10-/m0/s1. The number of hydrogen-bond donors (Lipinski definition) is 1. The predicted octanol–water partition coefficient (Wildman–Crippen LogP) is 2.09. The van der Waals surface area contributed by atoms with Crippen LogP contribution in [-0.4, -0.2) is 21.3 Å². The minimum Gasteiger partial charge on any atom is -0.497 e. The van der Waals surface area contributed by atoms with E-state index in [1.54, 1.807) is 7.11 Å². The summed E-state index contributed by atoms with van der Waals surface area (Å²) in [6, 6.07) is 7.14. The Balaban J connectivity index is 2.79. The summed E-state index contributed by atoms with van der Waals surface area (Å²) in [6.07, 6.45) is 0.611. The van der Waals surface area contributed by atoms with Gasteiger partial charge in [0, 0.05) is 6.04 Å². The first-order valence-electron chi connectivity index (χ1n) is 5.62. The van der Waals surface area contributed by atoms with E-state index in [0.29, 0.717) is 6.42 Å². The van der Waals surface area contributed by atoms with Crippen molar-refractivity contribution in [2.75, 3.05) is 12.9 Å². The summed E-state index contributed by atoms with van der Waals surface area (Å²) < 4.78 is 31.0. The van der Waals surface area contributed by atoms with Crippen molar-refractivity contribution in [1.82, 2.24) is 4.72 Å². The highest BCUT2D eigenvalue weighted by atomic mass is 32.2. The first-order chi connectivity index (χ1) is 7.98. The molecule has 0 fully saturated rings. The van der Waals surface area contributed by atoms with Crippen molar-refractivity contribution < 1.29 is 13.2 Å². The molecule has 0 saturated heterocycles. The first-order valence-corrected chi connectivity index (χ1v) is 7.27. The van der Waals surface area contributed by atoms with E-state index in [2.05, 4.69) is 4.72 Å². The van der Waals surface area contributed by atoms with Crippen molar-refractivity contribution >= 4 is 10.0 Å². The summed E-state index contributed by atoms with van der Waals surface area (Å²) >= 11 is 0. The fourth-order valence-electron chi connectivity index (χ4n) is 1.58. The van der Waals surface area contributed by atoms with Gasteiger partial charge in [-0.15, -0.1) is 0 Å². The van der Waals surface area contributed by atoms with Crippen LogP contribution in [0, 0.1) is 0 Å². The smallest absolute Gasteiger partial charge is 0.212 e. The van der Waals surface area contributed by atoms with Gasteiger partial charge in [-0.2, -0.15) is 0 Å². The number of methoxy groups -OCH3 is 1. The molecule has 0 bridgehead atoms. The Morgan fingerprint density at radius 2 is 2.12 bits per heavy atom. The zero-order chi connectivity index (χ0) is 12.9. The van der Waals surface area contributed by atoms with Gasteiger partial charge in [0.25, 0.3) is 0 Å². The number of rotatable bonds is 6. The van der Waals surface area contributed by atoms with Crippen LogP contribution in [0.1, 0.15) is 31.9 Å². The summed E-state index contributed by atoms with van der Waals surface area (Å²) in [5.74, 6) is 0.880. The second-order valence-electron chi connectivity index (χ2n) is 3.94. The third-order valence-corrected chi connectivity index (χ3v) is 4.08. The van der Waals surface area contributed by atoms with Gasteiger partial charge in [-0.05, 0) is 31.0 Å². The average Bonchev–Trinajstić information content (AvgIpc) is 2.28. The molecule has 1 N–H and O–H groups in total. The Morgan fingerprint density at radius 1 is 1.41 bits per heavy atom. The summed E-state index contributed by atoms with van der Waals surface area (Å²) in [5, 5.41) is 0. The van der Waals surface area contributed by atoms with Crippen molar-refractivity contribution in [3.63, 3.8) is 0 Å². The van der Waals surface area contributed by atoms with Crippen molar-refractivity contribution in [2.45, 2.75) is 26.3 Å². The second kappa shape index (κ2) is 6.02. The van der Waals surface area contributed by atoms with E-state index in [1.165, 1.54) is 0 Å². The van der Waals surface area contributed by atoms with Gasteiger partial charge in [0.2, 0.25) is 10.0 Å². The van der Waals surface area contributed by atoms with Gasteiger partial charge < -0.3 is 4.74 Å². The molecule has 5 heteroatoms. The summed E-state index contributed by atoms with van der Waals surface area (Å²) in [5.41, 5.74) is 0.893. The SMILES string of the molecule is CCCS(=O)(=O)N[C@@H](C)c1cccc(OC)c1. The van der Waals surface area contributed by atoms with Crippen LogP contribution in [0.15, 0.2) is 24.3 Å². The second-order valence-corrected chi connectivity index (χ2v) is 5.81. The lowest BCUT2D eigenvalue weighted by Gasteiger charge is -2.15. The van der Waals surface area contributed by atoms with Crippen LogP contribution in [0.4, 0.5) is 0 Å². The quantitative estimate of drug-likeness (QED) is 0.849. The fourth-order valence-corrected chi connectivity index (χ4v) is 2.91. The minimum atomic E-state index is -3.19. The third-order valence-electron chi connectivity index (χ3n) is 2.42. The molecule has 1 atom stereocenters. The fraction of sp³-hybridized carbons (Fsp3) is 0.500. The minimum absolute atomic E-state index is 0.154. The van der Waals surface area contributed by atoms with Gasteiger partial charge in [-0.1, -0.05) is 19.1 Å². The Kier molecular flexibility index (Phi) is 4.96. The lowest BCUT2D eigenvalue weighted by atomic mass is 10.1. The van der Waals surface area contributed by atoms with E-state index in [9.17, 15) is 8.42 Å². The highest BCUT2D eigenvalue weighted by molar-refractivity contribution is 7.89. The molecule has 0 unspecified atom stereocenters. The normalized spacial score (nSPS) is 13.4. The van der Waals surface area contributed by atoms with E-state index in [4.69, 9.17) is 4.74 Å². The zero-order valence-electron chi connectivity index (χ0n) is 10.4. The first kappa shape index (κ1) is 14.0. The van der Waals surface area contributed by atoms with Crippen molar-refractivity contribution in [3.05, 3.63) is 29.8 Å². The van der Waals surface area contributed by atoms with Gasteiger partial charge in [-0.3, -0.25) is 0 Å². The Hall–Kier alpha value is -1.07. The molecule has 0 aromatic heterocycles. The summed E-state index contributed by atoms with van der Waals surface area (Å²) in [4.78, 5) is 0. The van der Waals surface area contributed by atoms with Gasteiger partial charge >= 0.3 is 0 Å². The van der Waals surface area contributed by atoms with Crippen LogP contribution >= 0.6 is 0 Å². The number of hydrogen-bond acceptors (Lipinski definition) is 3. The highest BCUT2D eigenvalue weighted by Crippen LogP contribution is 2.19. The van der Waals surface area contributed by atoms with Gasteiger partial charge in [0.15, 0.2) is 0 Å². The van der Waals surface area contributed by atoms with Gasteiger partial charge in [0.1, 0.15) is 5.75 Å². The molecule has 1 aromatic carbocycles. The van der Waals surface area contributed by atoms with Crippen LogP contribution in [0.5, 0.6) is 5.75 Å². The maximum Gasteiger partial charge on any atom is 0.212 e. The van der Waals surface area contributed by atoms with Crippen LogP contribution in [0.3, 0.4) is 0 Å². The number of benzene rings is 1. The zero-order valence-corrected chi connectivity index (χ0v) is 11.3. The number of ether oxygens (including phenoxy) is 1. The van der Waals surface area contributed by atoms with Gasteiger partial charge in [-0.25, -0.2) is 13.1 Å². The van der Waals surface area contributed by atoms with E-state index < -0.39 is 10.0 Å². The Labute approximate surface area is 103 Å². The van der Waals surface area contributed by atoms with E-state index in [1.807, 2.05) is 38.1 Å². The molecular formula is C12H19NO3S. The third kappa shape index (κ3) is 4.36. The Morgan fingerprint density at radius 3 is 2.71 bits per heavy atom. The topological polar surface area (TPSA) is 55.4 Å². The largest absolute Gasteiger partial charge is 0.497 e. The van der Waals surface area contributed by atoms with Crippen molar-refractivity contribution in [1.29, 1.82) is 0 Å². The van der Waals surface area contributed by atoms with Gasteiger partial charge in [0.05, 0.1) is 12.9 Å². The molecule has 4 nitrogen and oxygen atoms in total.